The summed E-state index contributed by atoms with van der Waals surface area (Å²) < 4.78 is 0. The Labute approximate surface area is 94.8 Å². The van der Waals surface area contributed by atoms with Crippen LogP contribution in [0.5, 0.6) is 0 Å². The summed E-state index contributed by atoms with van der Waals surface area (Å²) in [6.45, 7) is 9.40. The SMILES string of the molecule is CC(C)C1CCC(C2(N)CC2(C)C)CC1. The first-order valence-electron chi connectivity index (χ1n) is 6.66. The van der Waals surface area contributed by atoms with Crippen LogP contribution in [0.25, 0.3) is 0 Å². The Balaban J connectivity index is 1.90. The smallest absolute Gasteiger partial charge is 0.0241 e. The van der Waals surface area contributed by atoms with E-state index in [-0.39, 0.29) is 5.54 Å². The van der Waals surface area contributed by atoms with Crippen LogP contribution in [0, 0.1) is 23.2 Å². The number of hydrogen-bond acceptors (Lipinski definition) is 1. The monoisotopic (exact) mass is 209 g/mol. The first-order valence-corrected chi connectivity index (χ1v) is 6.66. The van der Waals surface area contributed by atoms with Crippen LogP contribution in [0.1, 0.15) is 59.8 Å². The van der Waals surface area contributed by atoms with Gasteiger partial charge >= 0.3 is 0 Å². The lowest BCUT2D eigenvalue weighted by Crippen LogP contribution is -2.39. The molecule has 1 nitrogen and oxygen atoms in total. The highest BCUT2D eigenvalue weighted by molar-refractivity contribution is 5.18. The van der Waals surface area contributed by atoms with Gasteiger partial charge in [0, 0.05) is 5.54 Å². The van der Waals surface area contributed by atoms with E-state index in [1.807, 2.05) is 0 Å². The molecule has 0 aliphatic heterocycles. The lowest BCUT2D eigenvalue weighted by molar-refractivity contribution is 0.181. The minimum absolute atomic E-state index is 0.189. The van der Waals surface area contributed by atoms with Crippen molar-refractivity contribution in [3.05, 3.63) is 0 Å². The Morgan fingerprint density at radius 2 is 1.53 bits per heavy atom. The highest BCUT2D eigenvalue weighted by Gasteiger charge is 2.62. The molecule has 0 aromatic carbocycles. The third-order valence-corrected chi connectivity index (χ3v) is 5.31. The van der Waals surface area contributed by atoms with Crippen LogP contribution in [-0.2, 0) is 0 Å². The van der Waals surface area contributed by atoms with Crippen LogP contribution in [0.3, 0.4) is 0 Å². The van der Waals surface area contributed by atoms with Gasteiger partial charge in [0.2, 0.25) is 0 Å². The molecule has 88 valence electrons. The molecule has 2 rings (SSSR count). The fourth-order valence-electron chi connectivity index (χ4n) is 3.69. The van der Waals surface area contributed by atoms with Crippen molar-refractivity contribution in [2.75, 3.05) is 0 Å². The third kappa shape index (κ3) is 1.84. The number of nitrogens with two attached hydrogens (primary N) is 1. The zero-order chi connectivity index (χ0) is 11.3. The van der Waals surface area contributed by atoms with Crippen LogP contribution in [0.15, 0.2) is 0 Å². The van der Waals surface area contributed by atoms with Crippen LogP contribution < -0.4 is 5.73 Å². The molecule has 2 saturated carbocycles. The molecule has 0 saturated heterocycles. The summed E-state index contributed by atoms with van der Waals surface area (Å²) in [7, 11) is 0. The molecular weight excluding hydrogens is 182 g/mol. The van der Waals surface area contributed by atoms with Gasteiger partial charge in [-0.3, -0.25) is 0 Å². The molecule has 2 aliphatic carbocycles. The average Bonchev–Trinajstić information content (AvgIpc) is 2.67. The second-order valence-corrected chi connectivity index (χ2v) is 6.96. The fraction of sp³-hybridized carbons (Fsp3) is 1.00. The van der Waals surface area contributed by atoms with Gasteiger partial charge < -0.3 is 5.73 Å². The van der Waals surface area contributed by atoms with Crippen molar-refractivity contribution < 1.29 is 0 Å². The maximum Gasteiger partial charge on any atom is 0.0241 e. The highest BCUT2D eigenvalue weighted by atomic mass is 14.9. The largest absolute Gasteiger partial charge is 0.324 e. The van der Waals surface area contributed by atoms with Gasteiger partial charge in [-0.15, -0.1) is 0 Å². The van der Waals surface area contributed by atoms with Crippen molar-refractivity contribution in [3.63, 3.8) is 0 Å². The molecule has 0 bridgehead atoms. The van der Waals surface area contributed by atoms with Gasteiger partial charge in [0.1, 0.15) is 0 Å². The van der Waals surface area contributed by atoms with Crippen LogP contribution in [0.4, 0.5) is 0 Å². The van der Waals surface area contributed by atoms with Crippen molar-refractivity contribution in [1.82, 2.24) is 0 Å². The van der Waals surface area contributed by atoms with Gasteiger partial charge in [-0.2, -0.15) is 0 Å². The molecule has 0 heterocycles. The van der Waals surface area contributed by atoms with Crippen LogP contribution in [-0.4, -0.2) is 5.54 Å². The van der Waals surface area contributed by atoms with E-state index < -0.39 is 0 Å². The van der Waals surface area contributed by atoms with Crippen molar-refractivity contribution in [2.45, 2.75) is 65.3 Å². The van der Waals surface area contributed by atoms with E-state index in [0.29, 0.717) is 5.41 Å². The first-order chi connectivity index (χ1) is 6.87. The molecule has 15 heavy (non-hydrogen) atoms. The normalized spacial score (nSPS) is 44.4. The summed E-state index contributed by atoms with van der Waals surface area (Å²) in [6, 6.07) is 0. The van der Waals surface area contributed by atoms with Crippen molar-refractivity contribution in [1.29, 1.82) is 0 Å². The lowest BCUT2D eigenvalue weighted by Gasteiger charge is -2.35. The molecule has 2 fully saturated rings. The minimum atomic E-state index is 0.189. The van der Waals surface area contributed by atoms with E-state index in [9.17, 15) is 0 Å². The first kappa shape index (κ1) is 11.4. The predicted octanol–water partition coefficient (Wildman–Crippen LogP) is 3.58. The Hall–Kier alpha value is -0.0400. The molecule has 0 radical (unpaired) electrons. The second kappa shape index (κ2) is 3.48. The van der Waals surface area contributed by atoms with Crippen LogP contribution in [0.2, 0.25) is 0 Å². The van der Waals surface area contributed by atoms with Crippen molar-refractivity contribution in [2.24, 2.45) is 28.9 Å². The average molecular weight is 209 g/mol. The van der Waals surface area contributed by atoms with E-state index in [2.05, 4.69) is 27.7 Å². The Kier molecular flexibility index (Phi) is 2.65. The van der Waals surface area contributed by atoms with Gasteiger partial charge in [0.25, 0.3) is 0 Å². The summed E-state index contributed by atoms with van der Waals surface area (Å²) >= 11 is 0. The minimum Gasteiger partial charge on any atom is -0.324 e. The molecule has 2 N–H and O–H groups in total. The quantitative estimate of drug-likeness (QED) is 0.739. The Bertz CT molecular complexity index is 236. The molecule has 1 unspecified atom stereocenters. The molecule has 0 aromatic rings. The maximum atomic E-state index is 6.52. The molecule has 1 heteroatoms. The summed E-state index contributed by atoms with van der Waals surface area (Å²) in [5.74, 6) is 2.64. The Morgan fingerprint density at radius 3 is 1.87 bits per heavy atom. The molecule has 2 aliphatic rings. The summed E-state index contributed by atoms with van der Waals surface area (Å²) in [4.78, 5) is 0. The number of hydrogen-bond donors (Lipinski definition) is 1. The fourth-order valence-corrected chi connectivity index (χ4v) is 3.69. The van der Waals surface area contributed by atoms with Crippen molar-refractivity contribution >= 4 is 0 Å². The summed E-state index contributed by atoms with van der Waals surface area (Å²) in [6.07, 6.45) is 6.83. The summed E-state index contributed by atoms with van der Waals surface area (Å²) in [5, 5.41) is 0. The van der Waals surface area contributed by atoms with E-state index in [4.69, 9.17) is 5.73 Å². The van der Waals surface area contributed by atoms with E-state index in [1.165, 1.54) is 32.1 Å². The Morgan fingerprint density at radius 1 is 1.07 bits per heavy atom. The lowest BCUT2D eigenvalue weighted by atomic mass is 9.72. The van der Waals surface area contributed by atoms with Crippen molar-refractivity contribution in [3.8, 4) is 0 Å². The van der Waals surface area contributed by atoms with Gasteiger partial charge in [0.15, 0.2) is 0 Å². The molecule has 0 spiro atoms. The van der Waals surface area contributed by atoms with Gasteiger partial charge in [0.05, 0.1) is 0 Å². The summed E-state index contributed by atoms with van der Waals surface area (Å²) in [5.41, 5.74) is 7.13. The maximum absolute atomic E-state index is 6.52. The topological polar surface area (TPSA) is 26.0 Å². The van der Waals surface area contributed by atoms with Gasteiger partial charge in [-0.25, -0.2) is 0 Å². The predicted molar refractivity (Wildman–Crippen MR) is 65.6 cm³/mol. The van der Waals surface area contributed by atoms with Gasteiger partial charge in [-0.1, -0.05) is 27.7 Å². The van der Waals surface area contributed by atoms with Gasteiger partial charge in [-0.05, 0) is 55.3 Å². The standard InChI is InChI=1S/C14H27N/c1-10(2)11-5-7-12(8-6-11)14(15)9-13(14,3)4/h10-12H,5-9,15H2,1-4H3. The highest BCUT2D eigenvalue weighted by Crippen LogP contribution is 2.60. The molecular formula is C14H27N. The van der Waals surface area contributed by atoms with Crippen LogP contribution >= 0.6 is 0 Å². The van der Waals surface area contributed by atoms with E-state index in [1.54, 1.807) is 0 Å². The zero-order valence-electron chi connectivity index (χ0n) is 10.8. The second-order valence-electron chi connectivity index (χ2n) is 6.96. The van der Waals surface area contributed by atoms with E-state index in [0.717, 1.165) is 17.8 Å². The number of rotatable bonds is 2. The molecule has 1 atom stereocenters. The molecule has 0 amide bonds. The molecule has 0 aromatic heterocycles. The van der Waals surface area contributed by atoms with E-state index >= 15 is 0 Å². The third-order valence-electron chi connectivity index (χ3n) is 5.31. The zero-order valence-corrected chi connectivity index (χ0v) is 10.8.